The van der Waals surface area contributed by atoms with Crippen LogP contribution in [-0.2, 0) is 14.6 Å². The molecule has 7 heteroatoms. The van der Waals surface area contributed by atoms with Crippen molar-refractivity contribution in [2.24, 2.45) is 0 Å². The highest BCUT2D eigenvalue weighted by Gasteiger charge is 2.21. The van der Waals surface area contributed by atoms with Crippen molar-refractivity contribution in [3.63, 3.8) is 0 Å². The number of sulfone groups is 1. The Hall–Kier alpha value is -2.02. The van der Waals surface area contributed by atoms with E-state index < -0.39 is 20.5 Å². The lowest BCUT2D eigenvalue weighted by molar-refractivity contribution is -0.384. The number of nitro benzene ring substituents is 1. The molecule has 0 atom stereocenters. The maximum Gasteiger partial charge on any atom is 0.270 e. The van der Waals surface area contributed by atoms with Gasteiger partial charge in [0, 0.05) is 12.1 Å². The number of carbonyl (C=O) groups is 1. The van der Waals surface area contributed by atoms with Crippen LogP contribution in [0.4, 0.5) is 5.69 Å². The highest BCUT2D eigenvalue weighted by molar-refractivity contribution is 7.96. The Kier molecular flexibility index (Phi) is 5.15. The van der Waals surface area contributed by atoms with E-state index in [0.717, 1.165) is 6.92 Å². The molecule has 20 heavy (non-hydrogen) atoms. The molecule has 0 fully saturated rings. The minimum Gasteiger partial charge on any atom is -0.294 e. The fraction of sp³-hybridized carbons (Fsp3) is 0.308. The van der Waals surface area contributed by atoms with Gasteiger partial charge < -0.3 is 0 Å². The number of benzene rings is 1. The molecule has 0 saturated carbocycles. The van der Waals surface area contributed by atoms with Gasteiger partial charge in [0.2, 0.25) is 0 Å². The molecule has 1 rings (SSSR count). The quantitative estimate of drug-likeness (QED) is 0.456. The van der Waals surface area contributed by atoms with Crippen molar-refractivity contribution in [1.82, 2.24) is 0 Å². The second-order valence-corrected chi connectivity index (χ2v) is 6.31. The third kappa shape index (κ3) is 3.99. The van der Waals surface area contributed by atoms with E-state index in [0.29, 0.717) is 12.0 Å². The number of hydrogen-bond donors (Lipinski definition) is 0. The predicted molar refractivity (Wildman–Crippen MR) is 75.8 cm³/mol. The molecule has 1 aromatic carbocycles. The normalized spacial score (nSPS) is 12.2. The first-order valence-corrected chi connectivity index (χ1v) is 7.63. The van der Waals surface area contributed by atoms with Crippen molar-refractivity contribution < 1.29 is 18.1 Å². The second-order valence-electron chi connectivity index (χ2n) is 4.24. The second kappa shape index (κ2) is 6.42. The van der Waals surface area contributed by atoms with Crippen LogP contribution in [0.1, 0.15) is 25.8 Å². The summed E-state index contributed by atoms with van der Waals surface area (Å²) >= 11 is 0. The number of hydrogen-bond acceptors (Lipinski definition) is 5. The van der Waals surface area contributed by atoms with E-state index in [2.05, 4.69) is 0 Å². The number of ketones is 1. The number of rotatable bonds is 6. The topological polar surface area (TPSA) is 94.3 Å². The van der Waals surface area contributed by atoms with Crippen molar-refractivity contribution in [2.75, 3.05) is 5.75 Å². The molecule has 108 valence electrons. The Morgan fingerprint density at radius 2 is 2.05 bits per heavy atom. The standard InChI is InChI=1S/C13H15NO5S/c1-3-7-20(18,19)13(10(2)15)9-11-5-4-6-12(8-11)14(16)17/h4-6,8-9H,3,7H2,1-2H3. The van der Waals surface area contributed by atoms with Gasteiger partial charge in [0.15, 0.2) is 15.6 Å². The first kappa shape index (κ1) is 16.0. The Morgan fingerprint density at radius 1 is 1.40 bits per heavy atom. The summed E-state index contributed by atoms with van der Waals surface area (Å²) in [6.45, 7) is 2.86. The van der Waals surface area contributed by atoms with Crippen LogP contribution in [0.3, 0.4) is 0 Å². The molecular formula is C13H15NO5S. The SMILES string of the molecule is CCCS(=O)(=O)C(=Cc1cccc([N+](=O)[O-])c1)C(C)=O. The summed E-state index contributed by atoms with van der Waals surface area (Å²) in [7, 11) is -3.66. The average Bonchev–Trinajstić information content (AvgIpc) is 2.35. The zero-order chi connectivity index (χ0) is 15.3. The van der Waals surface area contributed by atoms with Crippen molar-refractivity contribution >= 4 is 27.4 Å². The molecule has 0 saturated heterocycles. The molecule has 0 aromatic heterocycles. The molecule has 0 aliphatic heterocycles. The molecule has 0 unspecified atom stereocenters. The lowest BCUT2D eigenvalue weighted by Gasteiger charge is -2.05. The molecule has 0 heterocycles. The van der Waals surface area contributed by atoms with Gasteiger partial charge in [0.1, 0.15) is 4.91 Å². The minimum atomic E-state index is -3.66. The zero-order valence-electron chi connectivity index (χ0n) is 11.2. The van der Waals surface area contributed by atoms with Crippen molar-refractivity contribution in [2.45, 2.75) is 20.3 Å². The van der Waals surface area contributed by atoms with Crippen molar-refractivity contribution in [3.8, 4) is 0 Å². The molecule has 0 amide bonds. The van der Waals surface area contributed by atoms with E-state index in [1.54, 1.807) is 6.92 Å². The largest absolute Gasteiger partial charge is 0.294 e. The minimum absolute atomic E-state index is 0.132. The van der Waals surface area contributed by atoms with E-state index in [4.69, 9.17) is 0 Å². The summed E-state index contributed by atoms with van der Waals surface area (Å²) < 4.78 is 23.9. The predicted octanol–water partition coefficient (Wildman–Crippen LogP) is 2.35. The van der Waals surface area contributed by atoms with Crippen LogP contribution in [0.5, 0.6) is 0 Å². The Labute approximate surface area is 117 Å². The fourth-order valence-corrected chi connectivity index (χ4v) is 3.18. The van der Waals surface area contributed by atoms with Gasteiger partial charge in [-0.05, 0) is 25.0 Å². The summed E-state index contributed by atoms with van der Waals surface area (Å²) in [5, 5.41) is 10.7. The van der Waals surface area contributed by atoms with Crippen LogP contribution >= 0.6 is 0 Å². The van der Waals surface area contributed by atoms with Gasteiger partial charge in [-0.2, -0.15) is 0 Å². The Bertz CT molecular complexity index is 661. The van der Waals surface area contributed by atoms with Crippen molar-refractivity contribution in [1.29, 1.82) is 0 Å². The van der Waals surface area contributed by atoms with Gasteiger partial charge in [-0.25, -0.2) is 8.42 Å². The summed E-state index contributed by atoms with van der Waals surface area (Å²) in [5.41, 5.74) is 0.151. The molecule has 1 aromatic rings. The Balaban J connectivity index is 3.32. The summed E-state index contributed by atoms with van der Waals surface area (Å²) in [5.74, 6) is -0.710. The highest BCUT2D eigenvalue weighted by Crippen LogP contribution is 2.19. The number of Topliss-reactive ketones (excluding diaryl/α,β-unsaturated/α-hetero) is 1. The number of carbonyl (C=O) groups excluding carboxylic acids is 1. The maximum atomic E-state index is 12.0. The van der Waals surface area contributed by atoms with Crippen molar-refractivity contribution in [3.05, 3.63) is 44.8 Å². The van der Waals surface area contributed by atoms with Crippen LogP contribution in [-0.4, -0.2) is 24.9 Å². The van der Waals surface area contributed by atoms with Gasteiger partial charge in [-0.15, -0.1) is 0 Å². The summed E-state index contributed by atoms with van der Waals surface area (Å²) in [6, 6.07) is 5.47. The molecule has 0 aliphatic carbocycles. The molecule has 0 aliphatic rings. The molecule has 0 radical (unpaired) electrons. The van der Waals surface area contributed by atoms with Crippen LogP contribution in [0.25, 0.3) is 6.08 Å². The summed E-state index contributed by atoms with van der Waals surface area (Å²) in [4.78, 5) is 21.3. The van der Waals surface area contributed by atoms with Crippen LogP contribution < -0.4 is 0 Å². The highest BCUT2D eigenvalue weighted by atomic mass is 32.2. The average molecular weight is 297 g/mol. The first-order valence-electron chi connectivity index (χ1n) is 5.97. The van der Waals surface area contributed by atoms with Crippen LogP contribution in [0, 0.1) is 10.1 Å². The van der Waals surface area contributed by atoms with E-state index >= 15 is 0 Å². The van der Waals surface area contributed by atoms with Gasteiger partial charge in [-0.3, -0.25) is 14.9 Å². The third-order valence-electron chi connectivity index (χ3n) is 2.53. The molecule has 0 bridgehead atoms. The van der Waals surface area contributed by atoms with Crippen LogP contribution in [0.15, 0.2) is 29.2 Å². The van der Waals surface area contributed by atoms with E-state index in [1.165, 1.54) is 30.3 Å². The fourth-order valence-electron chi connectivity index (χ4n) is 1.67. The maximum absolute atomic E-state index is 12.0. The smallest absolute Gasteiger partial charge is 0.270 e. The monoisotopic (exact) mass is 297 g/mol. The summed E-state index contributed by atoms with van der Waals surface area (Å²) in [6.07, 6.45) is 1.57. The number of nitro groups is 1. The van der Waals surface area contributed by atoms with Gasteiger partial charge in [-0.1, -0.05) is 19.1 Å². The van der Waals surface area contributed by atoms with Gasteiger partial charge in [0.25, 0.3) is 5.69 Å². The third-order valence-corrected chi connectivity index (χ3v) is 4.55. The van der Waals surface area contributed by atoms with E-state index in [-0.39, 0.29) is 16.3 Å². The van der Waals surface area contributed by atoms with Gasteiger partial charge >= 0.3 is 0 Å². The first-order chi connectivity index (χ1) is 9.27. The van der Waals surface area contributed by atoms with Crippen LogP contribution in [0.2, 0.25) is 0 Å². The number of allylic oxidation sites excluding steroid dienone is 1. The van der Waals surface area contributed by atoms with E-state index in [9.17, 15) is 23.3 Å². The molecule has 6 nitrogen and oxygen atoms in total. The number of non-ortho nitro benzene ring substituents is 1. The lowest BCUT2D eigenvalue weighted by Crippen LogP contribution is -2.14. The van der Waals surface area contributed by atoms with E-state index in [1.807, 2.05) is 0 Å². The Morgan fingerprint density at radius 3 is 2.55 bits per heavy atom. The molecular weight excluding hydrogens is 282 g/mol. The number of nitrogens with zero attached hydrogens (tertiary/aromatic N) is 1. The molecule has 0 spiro atoms. The molecule has 0 N–H and O–H groups in total. The van der Waals surface area contributed by atoms with Gasteiger partial charge in [0.05, 0.1) is 10.7 Å². The lowest BCUT2D eigenvalue weighted by atomic mass is 10.2. The zero-order valence-corrected chi connectivity index (χ0v) is 12.0.